The highest BCUT2D eigenvalue weighted by Gasteiger charge is 2.58. The van der Waals surface area contributed by atoms with Crippen LogP contribution in [-0.4, -0.2) is 43.0 Å². The summed E-state index contributed by atoms with van der Waals surface area (Å²) in [6.07, 6.45) is 24.9. The standard InChI is InChI=1S/C16H28O3.C16H28.C12H22O2.C11H20O2.4CH4/c1-4-7-13-10-12(2)11-16(13,3)15(17)19-14-8-5-6-9-18-14;1-4-6-12-7-10(3)15-13-8-11(5-2)14(9-13)16(12)15;1-5-6-10-7-9(2)8-12(10,3)11(13)14-4;1-4-5-9-6-8(2)7-11(9,3)10(12)13;;;;/h12-14H,4-11H2,1-3H3;10-16H,4-9H2,1-3H3;9-10H,5-8H2,1-4H3;8-9H,4-7H2,1-3H3,(H,12,13);4*1H4. The highest BCUT2D eigenvalue weighted by molar-refractivity contribution is 5.78. The molecule has 7 nitrogen and oxygen atoms in total. The largest absolute Gasteiger partial charge is 0.481 e. The summed E-state index contributed by atoms with van der Waals surface area (Å²) in [5, 5.41) is 9.19. The molecule has 392 valence electrons. The van der Waals surface area contributed by atoms with E-state index >= 15 is 0 Å². The van der Waals surface area contributed by atoms with Crippen molar-refractivity contribution in [1.29, 1.82) is 0 Å². The molecule has 6 saturated carbocycles. The third kappa shape index (κ3) is 14.9. The first-order valence-electron chi connectivity index (χ1n) is 26.5. The van der Waals surface area contributed by atoms with Crippen molar-refractivity contribution >= 4 is 17.9 Å². The van der Waals surface area contributed by atoms with Crippen LogP contribution < -0.4 is 0 Å². The molecule has 7 fully saturated rings. The Bertz CT molecular complexity index is 1390. The lowest BCUT2D eigenvalue weighted by Gasteiger charge is -2.35. The van der Waals surface area contributed by atoms with Crippen molar-refractivity contribution in [3.63, 3.8) is 0 Å². The van der Waals surface area contributed by atoms with Gasteiger partial charge in [-0.15, -0.1) is 0 Å². The highest BCUT2D eigenvalue weighted by Crippen LogP contribution is 2.65. The Morgan fingerprint density at radius 3 is 1.48 bits per heavy atom. The molecule has 7 heteroatoms. The number of fused-ring (bicyclic) bond motifs is 5. The van der Waals surface area contributed by atoms with E-state index in [1.54, 1.807) is 19.3 Å². The van der Waals surface area contributed by atoms with E-state index in [0.29, 0.717) is 35.5 Å². The average molecular weight is 936 g/mol. The van der Waals surface area contributed by atoms with Crippen LogP contribution >= 0.6 is 0 Å². The number of ether oxygens (including phenoxy) is 3. The molecule has 0 aromatic carbocycles. The average Bonchev–Trinajstić information content (AvgIpc) is 4.07. The minimum atomic E-state index is -0.602. The van der Waals surface area contributed by atoms with Gasteiger partial charge in [0.05, 0.1) is 30.0 Å². The van der Waals surface area contributed by atoms with Gasteiger partial charge in [0.2, 0.25) is 6.29 Å². The number of methoxy groups -OCH3 is 1. The van der Waals surface area contributed by atoms with E-state index in [0.717, 1.165) is 138 Å². The Hall–Kier alpha value is -1.63. The van der Waals surface area contributed by atoms with Crippen molar-refractivity contribution in [2.75, 3.05) is 13.7 Å². The quantitative estimate of drug-likeness (QED) is 0.184. The third-order valence-corrected chi connectivity index (χ3v) is 18.3. The molecule has 17 unspecified atom stereocenters. The molecule has 17 atom stereocenters. The van der Waals surface area contributed by atoms with Crippen LogP contribution in [0.5, 0.6) is 0 Å². The Balaban J connectivity index is 0.000000845. The van der Waals surface area contributed by atoms with Gasteiger partial charge in [-0.1, -0.05) is 131 Å². The third-order valence-electron chi connectivity index (χ3n) is 18.3. The Kier molecular flexibility index (Phi) is 28.2. The van der Waals surface area contributed by atoms with E-state index < -0.39 is 11.4 Å². The van der Waals surface area contributed by atoms with Crippen molar-refractivity contribution in [2.45, 2.75) is 254 Å². The second-order valence-electron chi connectivity index (χ2n) is 23.3. The van der Waals surface area contributed by atoms with Gasteiger partial charge in [-0.05, 0) is 188 Å². The van der Waals surface area contributed by atoms with Crippen molar-refractivity contribution < 1.29 is 33.7 Å². The number of hydrogen-bond acceptors (Lipinski definition) is 6. The van der Waals surface area contributed by atoms with Gasteiger partial charge in [-0.25, -0.2) is 0 Å². The van der Waals surface area contributed by atoms with Crippen LogP contribution in [0.3, 0.4) is 0 Å². The Morgan fingerprint density at radius 2 is 1.06 bits per heavy atom. The number of rotatable bonds is 13. The van der Waals surface area contributed by atoms with Crippen molar-refractivity contribution in [2.24, 2.45) is 93.2 Å². The second-order valence-corrected chi connectivity index (χ2v) is 23.3. The predicted molar refractivity (Wildman–Crippen MR) is 280 cm³/mol. The van der Waals surface area contributed by atoms with Crippen LogP contribution in [0, 0.1) is 93.2 Å². The molecule has 66 heavy (non-hydrogen) atoms. The van der Waals surface area contributed by atoms with Crippen LogP contribution in [-0.2, 0) is 28.6 Å². The molecule has 6 aliphatic carbocycles. The number of carboxylic acids is 1. The van der Waals surface area contributed by atoms with E-state index in [-0.39, 0.29) is 58.8 Å². The topological polar surface area (TPSA) is 99.1 Å². The normalized spacial score (nSPS) is 40.1. The minimum Gasteiger partial charge on any atom is -0.481 e. The number of esters is 2. The number of aliphatic carboxylic acids is 1. The van der Waals surface area contributed by atoms with Gasteiger partial charge in [0.15, 0.2) is 0 Å². The van der Waals surface area contributed by atoms with Crippen LogP contribution in [0.2, 0.25) is 0 Å². The zero-order valence-corrected chi connectivity index (χ0v) is 42.5. The van der Waals surface area contributed by atoms with E-state index in [2.05, 4.69) is 76.2 Å². The molecule has 7 rings (SSSR count). The first-order valence-corrected chi connectivity index (χ1v) is 26.5. The van der Waals surface area contributed by atoms with E-state index in [9.17, 15) is 19.5 Å². The van der Waals surface area contributed by atoms with Gasteiger partial charge < -0.3 is 19.3 Å². The molecule has 0 radical (unpaired) electrons. The summed E-state index contributed by atoms with van der Waals surface area (Å²) in [4.78, 5) is 35.5. The lowest BCUT2D eigenvalue weighted by molar-refractivity contribution is -0.198. The number of carboxylic acid groups (broad SMARTS) is 1. The minimum absolute atomic E-state index is 0. The number of hydrogen-bond donors (Lipinski definition) is 1. The summed E-state index contributed by atoms with van der Waals surface area (Å²) in [5.41, 5.74) is -0.962. The fraction of sp³-hybridized carbons (Fsp3) is 0.949. The molecule has 7 aliphatic rings. The Labute approximate surface area is 411 Å². The van der Waals surface area contributed by atoms with Crippen LogP contribution in [0.1, 0.15) is 248 Å². The number of carbonyl (C=O) groups is 3. The molecule has 0 amide bonds. The van der Waals surface area contributed by atoms with E-state index in [1.165, 1.54) is 32.8 Å². The summed E-state index contributed by atoms with van der Waals surface area (Å²) >= 11 is 0. The lowest BCUT2D eigenvalue weighted by Crippen LogP contribution is -2.37. The van der Waals surface area contributed by atoms with Crippen LogP contribution in [0.15, 0.2) is 0 Å². The van der Waals surface area contributed by atoms with Crippen molar-refractivity contribution in [1.82, 2.24) is 0 Å². The molecule has 1 aliphatic heterocycles. The summed E-state index contributed by atoms with van der Waals surface area (Å²) in [6, 6.07) is 0. The monoisotopic (exact) mass is 935 g/mol. The highest BCUT2D eigenvalue weighted by atomic mass is 16.7. The summed E-state index contributed by atoms with van der Waals surface area (Å²) in [7, 11) is 1.50. The van der Waals surface area contributed by atoms with E-state index in [1.807, 2.05) is 6.92 Å². The smallest absolute Gasteiger partial charge is 0.314 e. The van der Waals surface area contributed by atoms with Crippen LogP contribution in [0.25, 0.3) is 0 Å². The molecular formula is C59H114O7. The molecule has 0 spiro atoms. The first kappa shape index (κ1) is 64.4. The molecule has 1 heterocycles. The van der Waals surface area contributed by atoms with Gasteiger partial charge >= 0.3 is 17.9 Å². The molecule has 1 N–H and O–H groups in total. The van der Waals surface area contributed by atoms with Crippen molar-refractivity contribution in [3.8, 4) is 0 Å². The van der Waals surface area contributed by atoms with Gasteiger partial charge in [0.25, 0.3) is 0 Å². The van der Waals surface area contributed by atoms with Crippen LogP contribution in [0.4, 0.5) is 0 Å². The second kappa shape index (κ2) is 28.9. The summed E-state index contributed by atoms with van der Waals surface area (Å²) in [6.45, 7) is 27.3. The maximum Gasteiger partial charge on any atom is 0.314 e. The molecule has 1 saturated heterocycles. The van der Waals surface area contributed by atoms with Gasteiger partial charge in [-0.2, -0.15) is 0 Å². The predicted octanol–water partition coefficient (Wildman–Crippen LogP) is 17.1. The summed E-state index contributed by atoms with van der Waals surface area (Å²) < 4.78 is 16.1. The zero-order chi connectivity index (χ0) is 46.0. The zero-order valence-electron chi connectivity index (χ0n) is 42.5. The van der Waals surface area contributed by atoms with Gasteiger partial charge in [0, 0.05) is 6.42 Å². The van der Waals surface area contributed by atoms with Crippen molar-refractivity contribution in [3.05, 3.63) is 0 Å². The SMILES string of the molecule is C.C.C.C.CCCC1CC(C)C2C3CC(CC)C(C3)C12.CCCC1CC(C)CC1(C)C(=O)O.CCCC1CC(C)CC1(C)C(=O)OC.CCCC1CC(C)CC1(C)C(=O)OC1CCCCO1. The van der Waals surface area contributed by atoms with E-state index in [4.69, 9.17) is 14.2 Å². The molecular weight excluding hydrogens is 821 g/mol. The fourth-order valence-electron chi connectivity index (χ4n) is 15.6. The first-order chi connectivity index (χ1) is 29.4. The fourth-order valence-corrected chi connectivity index (χ4v) is 15.6. The maximum absolute atomic E-state index is 12.6. The summed E-state index contributed by atoms with van der Waals surface area (Å²) in [5.74, 6) is 10.5. The number of carbonyl (C=O) groups excluding carboxylic acids is 2. The lowest BCUT2D eigenvalue weighted by atomic mass is 9.70. The van der Waals surface area contributed by atoms with Gasteiger partial charge in [-0.3, -0.25) is 14.4 Å². The molecule has 0 aromatic rings. The Morgan fingerprint density at radius 1 is 0.591 bits per heavy atom. The molecule has 2 bridgehead atoms. The van der Waals surface area contributed by atoms with Gasteiger partial charge in [0.1, 0.15) is 0 Å². The molecule has 0 aromatic heterocycles. The maximum atomic E-state index is 12.6.